The van der Waals surface area contributed by atoms with Crippen molar-refractivity contribution in [1.29, 1.82) is 0 Å². The maximum Gasteiger partial charge on any atom is 0.209 e. The Kier molecular flexibility index (Phi) is 17.5. The van der Waals surface area contributed by atoms with Crippen LogP contribution in [0.15, 0.2) is 71.6 Å². The lowest BCUT2D eigenvalue weighted by molar-refractivity contribution is -0.00985. The lowest BCUT2D eigenvalue weighted by Crippen LogP contribution is -2.54. The summed E-state index contributed by atoms with van der Waals surface area (Å²) < 4.78 is 66.7. The Balaban J connectivity index is 1.50. The summed E-state index contributed by atoms with van der Waals surface area (Å²) in [4.78, 5) is 2.48. The number of nitrogens with one attached hydrogen (secondary N) is 1. The van der Waals surface area contributed by atoms with E-state index >= 15 is 0 Å². The molecule has 3 aromatic carbocycles. The van der Waals surface area contributed by atoms with Gasteiger partial charge in [-0.2, -0.15) is 0 Å². The van der Waals surface area contributed by atoms with Crippen molar-refractivity contribution in [2.24, 2.45) is 5.92 Å². The van der Waals surface area contributed by atoms with E-state index in [1.807, 2.05) is 37.3 Å². The van der Waals surface area contributed by atoms with Crippen molar-refractivity contribution >= 4 is 23.8 Å². The second-order valence-electron chi connectivity index (χ2n) is 17.7. The Morgan fingerprint density at radius 2 is 1.58 bits per heavy atom. The molecule has 2 aliphatic heterocycles. The molecule has 0 aromatic heterocycles. The van der Waals surface area contributed by atoms with Gasteiger partial charge in [-0.05, 0) is 77.3 Å². The molecule has 1 N–H and O–H groups in total. The average molecular weight is 853 g/mol. The van der Waals surface area contributed by atoms with Crippen LogP contribution in [-0.4, -0.2) is 95.8 Å². The summed E-state index contributed by atoms with van der Waals surface area (Å²) in [6, 6.07) is 21.4. The number of ether oxygens (including phenoxy) is 5. The Morgan fingerprint density at radius 1 is 0.881 bits per heavy atom. The summed E-state index contributed by atoms with van der Waals surface area (Å²) in [5, 5.41) is 3.77. The Morgan fingerprint density at radius 3 is 2.22 bits per heavy atom. The minimum atomic E-state index is -4.01. The van der Waals surface area contributed by atoms with Gasteiger partial charge in [0.2, 0.25) is 9.84 Å². The van der Waals surface area contributed by atoms with Crippen molar-refractivity contribution in [3.63, 3.8) is 0 Å². The van der Waals surface area contributed by atoms with E-state index in [0.717, 1.165) is 47.5 Å². The first-order valence-electron chi connectivity index (χ1n) is 21.7. The van der Waals surface area contributed by atoms with E-state index in [-0.39, 0.29) is 16.9 Å². The lowest BCUT2D eigenvalue weighted by Gasteiger charge is -2.44. The van der Waals surface area contributed by atoms with Crippen LogP contribution in [0.2, 0.25) is 16.6 Å². The van der Waals surface area contributed by atoms with Crippen molar-refractivity contribution in [2.45, 2.75) is 120 Å². The first-order valence-corrected chi connectivity index (χ1v) is 25.4. The maximum atomic E-state index is 14.9. The third kappa shape index (κ3) is 11.8. The minimum Gasteiger partial charge on any atom is -0.490 e. The summed E-state index contributed by atoms with van der Waals surface area (Å²) in [5.41, 5.74) is 4.77. The maximum absolute atomic E-state index is 14.9. The molecule has 5 atom stereocenters. The Hall–Kier alpha value is -2.81. The lowest BCUT2D eigenvalue weighted by atomic mass is 9.84. The minimum absolute atomic E-state index is 0.0713. The van der Waals surface area contributed by atoms with E-state index in [9.17, 15) is 8.42 Å². The number of piperidine rings is 1. The van der Waals surface area contributed by atoms with Crippen LogP contribution in [0.25, 0.3) is 0 Å². The standard InChI is InChI=1S/C47H72N2O8SSi/c1-33(2)59(34(3)4,35(5)6)56-32-41-27-43(39-16-14-38(15-17-39)31-54-30-37(8)29-53-10)46(28-48-41)57-47(58(50,51)42-19-12-36(7)13-20-42)40-18-21-45-44(26-40)49(23-25-55-45)22-11-24-52-9/h12-21,26,33-35,37,41,43,46-48H,11,22-25,27-32H2,1-10H3/t37?,41-,43+,46-,47?/m0/s1. The van der Waals surface area contributed by atoms with Crippen molar-refractivity contribution in [2.75, 3.05) is 71.8 Å². The number of benzene rings is 3. The van der Waals surface area contributed by atoms with Crippen molar-refractivity contribution in [3.05, 3.63) is 89.0 Å². The fourth-order valence-electron chi connectivity index (χ4n) is 9.31. The van der Waals surface area contributed by atoms with Gasteiger partial charge in [0, 0.05) is 58.4 Å². The van der Waals surface area contributed by atoms with Crippen LogP contribution in [0, 0.1) is 12.8 Å². The summed E-state index contributed by atoms with van der Waals surface area (Å²) in [7, 11) is -2.72. The molecule has 12 heteroatoms. The van der Waals surface area contributed by atoms with Crippen LogP contribution in [0.1, 0.15) is 94.9 Å². The SMILES string of the molecule is COCCCN1CCOc2ccc(C(O[C@H]3CN[C@H](CO[Si](C(C)C)(C(C)C)C(C)C)C[C@@H]3c3ccc(COCC(C)COC)cc3)S(=O)(=O)c3ccc(C)cc3)cc21. The normalized spacial score (nSPS) is 19.9. The number of hydrogen-bond acceptors (Lipinski definition) is 10. The molecule has 2 heterocycles. The fourth-order valence-corrected chi connectivity index (χ4v) is 16.4. The highest BCUT2D eigenvalue weighted by Gasteiger charge is 2.46. The monoisotopic (exact) mass is 852 g/mol. The van der Waals surface area contributed by atoms with Gasteiger partial charge in [-0.25, -0.2) is 8.42 Å². The Bertz CT molecular complexity index is 1820. The second-order valence-corrected chi connectivity index (χ2v) is 25.1. The van der Waals surface area contributed by atoms with Crippen LogP contribution in [0.3, 0.4) is 0 Å². The highest BCUT2D eigenvalue weighted by atomic mass is 32.2. The van der Waals surface area contributed by atoms with Gasteiger partial charge >= 0.3 is 0 Å². The van der Waals surface area contributed by atoms with Gasteiger partial charge in [0.15, 0.2) is 13.8 Å². The zero-order chi connectivity index (χ0) is 42.7. The molecule has 0 spiro atoms. The van der Waals surface area contributed by atoms with E-state index in [4.69, 9.17) is 28.1 Å². The van der Waals surface area contributed by atoms with E-state index in [0.29, 0.717) is 80.8 Å². The van der Waals surface area contributed by atoms with E-state index in [1.54, 1.807) is 26.4 Å². The van der Waals surface area contributed by atoms with Crippen LogP contribution in [0.5, 0.6) is 5.75 Å². The number of hydrogen-bond donors (Lipinski definition) is 1. The van der Waals surface area contributed by atoms with Gasteiger partial charge in [0.25, 0.3) is 0 Å². The number of fused-ring (bicyclic) bond motifs is 1. The number of aryl methyl sites for hydroxylation is 1. The van der Waals surface area contributed by atoms with E-state index in [1.165, 1.54) is 0 Å². The van der Waals surface area contributed by atoms with Crippen LogP contribution < -0.4 is 15.0 Å². The topological polar surface area (TPSA) is 105 Å². The average Bonchev–Trinajstić information content (AvgIpc) is 3.20. The fraction of sp³-hybridized carbons (Fsp3) is 0.617. The molecule has 0 bridgehead atoms. The molecular formula is C47H72N2O8SSi. The molecule has 2 unspecified atom stereocenters. The second kappa shape index (κ2) is 21.8. The summed E-state index contributed by atoms with van der Waals surface area (Å²) in [5.74, 6) is 0.947. The number of anilines is 1. The first kappa shape index (κ1) is 47.2. The molecule has 328 valence electrons. The Labute approximate surface area is 356 Å². The van der Waals surface area contributed by atoms with Gasteiger partial charge in [0.05, 0.1) is 43.1 Å². The molecule has 0 saturated carbocycles. The number of rotatable bonds is 22. The zero-order valence-electron chi connectivity index (χ0n) is 37.4. The van der Waals surface area contributed by atoms with Crippen molar-refractivity contribution in [1.82, 2.24) is 5.32 Å². The smallest absolute Gasteiger partial charge is 0.209 e. The van der Waals surface area contributed by atoms with Crippen LogP contribution in [-0.2, 0) is 39.8 Å². The van der Waals surface area contributed by atoms with E-state index in [2.05, 4.69) is 82.9 Å². The number of sulfone groups is 1. The van der Waals surface area contributed by atoms with Crippen molar-refractivity contribution < 1.29 is 36.5 Å². The number of nitrogens with zero attached hydrogens (tertiary/aromatic N) is 1. The molecule has 2 aliphatic rings. The van der Waals surface area contributed by atoms with Gasteiger partial charge < -0.3 is 38.3 Å². The van der Waals surface area contributed by atoms with Crippen LogP contribution >= 0.6 is 0 Å². The highest BCUT2D eigenvalue weighted by Crippen LogP contribution is 2.44. The molecule has 3 aromatic rings. The summed E-state index contributed by atoms with van der Waals surface area (Å²) in [6.07, 6.45) is 1.12. The number of methoxy groups -OCH3 is 2. The molecule has 0 aliphatic carbocycles. The molecule has 1 saturated heterocycles. The van der Waals surface area contributed by atoms with Crippen LogP contribution in [0.4, 0.5) is 5.69 Å². The largest absolute Gasteiger partial charge is 0.490 e. The molecular weight excluding hydrogens is 781 g/mol. The molecule has 0 amide bonds. The molecule has 10 nitrogen and oxygen atoms in total. The molecule has 59 heavy (non-hydrogen) atoms. The van der Waals surface area contributed by atoms with Gasteiger partial charge in [-0.3, -0.25) is 0 Å². The summed E-state index contributed by atoms with van der Waals surface area (Å²) >= 11 is 0. The highest BCUT2D eigenvalue weighted by molar-refractivity contribution is 7.91. The quantitative estimate of drug-likeness (QED) is 0.0778. The molecule has 1 fully saturated rings. The zero-order valence-corrected chi connectivity index (χ0v) is 39.2. The van der Waals surface area contributed by atoms with Crippen molar-refractivity contribution in [3.8, 4) is 5.75 Å². The molecule has 0 radical (unpaired) electrons. The van der Waals surface area contributed by atoms with E-state index < -0.39 is 29.7 Å². The third-order valence-corrected chi connectivity index (χ3v) is 20.2. The predicted octanol–water partition coefficient (Wildman–Crippen LogP) is 9.22. The first-order chi connectivity index (χ1) is 28.2. The third-order valence-electron chi connectivity index (χ3n) is 12.3. The summed E-state index contributed by atoms with van der Waals surface area (Å²) in [6.45, 7) is 23.5. The molecule has 5 rings (SSSR count). The van der Waals surface area contributed by atoms with Gasteiger partial charge in [0.1, 0.15) is 12.4 Å². The predicted molar refractivity (Wildman–Crippen MR) is 240 cm³/mol. The van der Waals surface area contributed by atoms with Gasteiger partial charge in [-0.15, -0.1) is 0 Å². The van der Waals surface area contributed by atoms with Gasteiger partial charge in [-0.1, -0.05) is 96.5 Å².